The largest absolute Gasteiger partial charge is 0.506 e. The molecule has 1 amide bonds. The topological polar surface area (TPSA) is 66.6 Å². The number of nitrogens with two attached hydrogens (primary N) is 1. The van der Waals surface area contributed by atoms with Crippen molar-refractivity contribution in [1.29, 1.82) is 0 Å². The predicted molar refractivity (Wildman–Crippen MR) is 66.0 cm³/mol. The van der Waals surface area contributed by atoms with Crippen LogP contribution in [0.25, 0.3) is 0 Å². The summed E-state index contributed by atoms with van der Waals surface area (Å²) in [5, 5.41) is 9.79. The van der Waals surface area contributed by atoms with Crippen molar-refractivity contribution in [2.45, 2.75) is 13.5 Å². The Morgan fingerprint density at radius 2 is 2.25 bits per heavy atom. The van der Waals surface area contributed by atoms with Crippen LogP contribution in [-0.2, 0) is 11.3 Å². The SMILES string of the molecule is CCN(CC(N)=O)Cc1cccc(Br)c1O. The van der Waals surface area contributed by atoms with Crippen LogP contribution in [0.3, 0.4) is 0 Å². The van der Waals surface area contributed by atoms with Gasteiger partial charge in [-0.1, -0.05) is 19.1 Å². The van der Waals surface area contributed by atoms with Gasteiger partial charge in [-0.3, -0.25) is 9.69 Å². The van der Waals surface area contributed by atoms with E-state index in [1.165, 1.54) is 0 Å². The average molecular weight is 287 g/mol. The number of phenolic OH excluding ortho intramolecular Hbond substituents is 1. The maximum Gasteiger partial charge on any atom is 0.231 e. The molecular formula is C11H15BrN2O2. The monoisotopic (exact) mass is 286 g/mol. The van der Waals surface area contributed by atoms with E-state index >= 15 is 0 Å². The molecule has 3 N–H and O–H groups in total. The molecule has 0 atom stereocenters. The molecule has 0 saturated heterocycles. The first kappa shape index (κ1) is 13.0. The van der Waals surface area contributed by atoms with Gasteiger partial charge in [-0.2, -0.15) is 0 Å². The molecule has 0 aliphatic carbocycles. The number of nitrogens with zero attached hydrogens (tertiary/aromatic N) is 1. The number of amides is 1. The van der Waals surface area contributed by atoms with Crippen LogP contribution in [0.15, 0.2) is 22.7 Å². The quantitative estimate of drug-likeness (QED) is 0.861. The normalized spacial score (nSPS) is 10.7. The van der Waals surface area contributed by atoms with E-state index in [-0.39, 0.29) is 18.2 Å². The van der Waals surface area contributed by atoms with Crippen molar-refractivity contribution in [1.82, 2.24) is 4.90 Å². The van der Waals surface area contributed by atoms with Crippen LogP contribution in [0.1, 0.15) is 12.5 Å². The Bertz CT molecular complexity index is 382. The molecule has 0 saturated carbocycles. The number of aromatic hydroxyl groups is 1. The highest BCUT2D eigenvalue weighted by atomic mass is 79.9. The van der Waals surface area contributed by atoms with E-state index in [0.717, 1.165) is 5.56 Å². The summed E-state index contributed by atoms with van der Waals surface area (Å²) in [4.78, 5) is 12.7. The Kier molecular flexibility index (Phi) is 4.76. The van der Waals surface area contributed by atoms with Crippen molar-refractivity contribution < 1.29 is 9.90 Å². The zero-order valence-electron chi connectivity index (χ0n) is 9.11. The van der Waals surface area contributed by atoms with Gasteiger partial charge in [0.1, 0.15) is 5.75 Å². The first-order valence-electron chi connectivity index (χ1n) is 5.01. The number of carbonyl (C=O) groups excluding carboxylic acids is 1. The molecule has 16 heavy (non-hydrogen) atoms. The van der Waals surface area contributed by atoms with Gasteiger partial charge in [0.25, 0.3) is 0 Å². The summed E-state index contributed by atoms with van der Waals surface area (Å²) in [6, 6.07) is 5.43. The fourth-order valence-electron chi connectivity index (χ4n) is 1.43. The molecule has 0 spiro atoms. The fraction of sp³-hybridized carbons (Fsp3) is 0.364. The number of likely N-dealkylation sites (N-methyl/N-ethyl adjacent to an activating group) is 1. The maximum atomic E-state index is 10.8. The molecule has 4 nitrogen and oxygen atoms in total. The molecule has 0 radical (unpaired) electrons. The van der Waals surface area contributed by atoms with Crippen LogP contribution in [-0.4, -0.2) is 29.0 Å². The molecule has 1 rings (SSSR count). The first-order valence-corrected chi connectivity index (χ1v) is 5.81. The van der Waals surface area contributed by atoms with Crippen LogP contribution in [0.5, 0.6) is 5.75 Å². The number of carbonyl (C=O) groups is 1. The lowest BCUT2D eigenvalue weighted by molar-refractivity contribution is -0.119. The molecule has 1 aromatic rings. The summed E-state index contributed by atoms with van der Waals surface area (Å²) >= 11 is 3.25. The highest BCUT2D eigenvalue weighted by Gasteiger charge is 2.10. The second kappa shape index (κ2) is 5.86. The molecular weight excluding hydrogens is 272 g/mol. The van der Waals surface area contributed by atoms with E-state index in [4.69, 9.17) is 5.73 Å². The summed E-state index contributed by atoms with van der Waals surface area (Å²) in [5.41, 5.74) is 5.91. The van der Waals surface area contributed by atoms with Gasteiger partial charge in [-0.25, -0.2) is 0 Å². The molecule has 5 heteroatoms. The van der Waals surface area contributed by atoms with Gasteiger partial charge < -0.3 is 10.8 Å². The molecule has 0 aliphatic rings. The predicted octanol–water partition coefficient (Wildman–Crippen LogP) is 1.46. The van der Waals surface area contributed by atoms with Crippen LogP contribution in [0, 0.1) is 0 Å². The van der Waals surface area contributed by atoms with E-state index in [0.29, 0.717) is 17.6 Å². The smallest absolute Gasteiger partial charge is 0.231 e. The Hall–Kier alpha value is -1.07. The second-order valence-corrected chi connectivity index (χ2v) is 4.37. The van der Waals surface area contributed by atoms with Gasteiger partial charge in [0.05, 0.1) is 11.0 Å². The van der Waals surface area contributed by atoms with E-state index in [2.05, 4.69) is 15.9 Å². The molecule has 0 aliphatic heterocycles. The van der Waals surface area contributed by atoms with Gasteiger partial charge in [-0.05, 0) is 28.5 Å². The molecule has 88 valence electrons. The van der Waals surface area contributed by atoms with Crippen molar-refractivity contribution in [2.75, 3.05) is 13.1 Å². The zero-order chi connectivity index (χ0) is 12.1. The van der Waals surface area contributed by atoms with Gasteiger partial charge >= 0.3 is 0 Å². The van der Waals surface area contributed by atoms with Crippen LogP contribution in [0.4, 0.5) is 0 Å². The Morgan fingerprint density at radius 3 is 2.81 bits per heavy atom. The zero-order valence-corrected chi connectivity index (χ0v) is 10.7. The Labute approximate surface area is 103 Å². The van der Waals surface area contributed by atoms with Gasteiger partial charge in [0, 0.05) is 12.1 Å². The van der Waals surface area contributed by atoms with E-state index in [9.17, 15) is 9.90 Å². The van der Waals surface area contributed by atoms with E-state index in [1.54, 1.807) is 6.07 Å². The van der Waals surface area contributed by atoms with Crippen molar-refractivity contribution in [3.8, 4) is 5.75 Å². The molecule has 0 heterocycles. The molecule has 1 aromatic carbocycles. The summed E-state index contributed by atoms with van der Waals surface area (Å²) < 4.78 is 0.653. The van der Waals surface area contributed by atoms with Gasteiger partial charge in [-0.15, -0.1) is 0 Å². The second-order valence-electron chi connectivity index (χ2n) is 3.52. The van der Waals surface area contributed by atoms with E-state index < -0.39 is 0 Å². The highest BCUT2D eigenvalue weighted by molar-refractivity contribution is 9.10. The highest BCUT2D eigenvalue weighted by Crippen LogP contribution is 2.28. The van der Waals surface area contributed by atoms with Crippen molar-refractivity contribution in [3.63, 3.8) is 0 Å². The summed E-state index contributed by atoms with van der Waals surface area (Å²) in [6.45, 7) is 3.35. The summed E-state index contributed by atoms with van der Waals surface area (Å²) in [5.74, 6) is -0.151. The van der Waals surface area contributed by atoms with Crippen molar-refractivity contribution >= 4 is 21.8 Å². The van der Waals surface area contributed by atoms with E-state index in [1.807, 2.05) is 24.0 Å². The fourth-order valence-corrected chi connectivity index (χ4v) is 1.84. The number of phenols is 1. The average Bonchev–Trinajstić information content (AvgIpc) is 2.23. The standard InChI is InChI=1S/C11H15BrN2O2/c1-2-14(7-10(13)15)6-8-4-3-5-9(12)11(8)16/h3-5,16H,2,6-7H2,1H3,(H2,13,15). The molecule has 0 aromatic heterocycles. The lowest BCUT2D eigenvalue weighted by Crippen LogP contribution is -2.33. The Morgan fingerprint density at radius 1 is 1.56 bits per heavy atom. The summed E-state index contributed by atoms with van der Waals surface area (Å²) in [6.07, 6.45) is 0. The lowest BCUT2D eigenvalue weighted by Gasteiger charge is -2.19. The third-order valence-electron chi connectivity index (χ3n) is 2.29. The third-order valence-corrected chi connectivity index (χ3v) is 2.93. The number of primary amides is 1. The number of hydrogen-bond donors (Lipinski definition) is 2. The first-order chi connectivity index (χ1) is 7.54. The molecule has 0 fully saturated rings. The maximum absolute atomic E-state index is 10.8. The minimum absolute atomic E-state index is 0.197. The van der Waals surface area contributed by atoms with Crippen molar-refractivity contribution in [2.24, 2.45) is 5.73 Å². The van der Waals surface area contributed by atoms with Crippen LogP contribution in [0.2, 0.25) is 0 Å². The molecule has 0 bridgehead atoms. The van der Waals surface area contributed by atoms with Crippen molar-refractivity contribution in [3.05, 3.63) is 28.2 Å². The minimum Gasteiger partial charge on any atom is -0.506 e. The van der Waals surface area contributed by atoms with Crippen LogP contribution < -0.4 is 5.73 Å². The number of benzene rings is 1. The number of rotatable bonds is 5. The lowest BCUT2D eigenvalue weighted by atomic mass is 10.2. The van der Waals surface area contributed by atoms with Crippen LogP contribution >= 0.6 is 15.9 Å². The van der Waals surface area contributed by atoms with Gasteiger partial charge in [0.15, 0.2) is 0 Å². The van der Waals surface area contributed by atoms with Gasteiger partial charge in [0.2, 0.25) is 5.91 Å². The third kappa shape index (κ3) is 3.50. The molecule has 0 unspecified atom stereocenters. The number of hydrogen-bond acceptors (Lipinski definition) is 3. The minimum atomic E-state index is -0.365. The number of halogens is 1. The summed E-state index contributed by atoms with van der Waals surface area (Å²) in [7, 11) is 0. The Balaban J connectivity index is 2.77. The number of para-hydroxylation sites is 1.